The number of alkyl halides is 1. The van der Waals surface area contributed by atoms with Crippen molar-refractivity contribution in [1.82, 2.24) is 4.98 Å². The monoisotopic (exact) mass is 278 g/mol. The van der Waals surface area contributed by atoms with Gasteiger partial charge in [-0.15, -0.1) is 11.6 Å². The molecule has 2 atom stereocenters. The standard InChI is InChI=1S/C16H23ClN2/c1-11(2)15-6-12(8-17)7-16(18-15)19-9-13-4-3-5-14(13)10-19/h6-7,11,13-14H,3-5,8-10H2,1-2H3. The van der Waals surface area contributed by atoms with Crippen molar-refractivity contribution >= 4 is 17.4 Å². The molecule has 2 aliphatic rings. The molecule has 1 aliphatic carbocycles. The van der Waals surface area contributed by atoms with E-state index in [0.29, 0.717) is 11.8 Å². The predicted molar refractivity (Wildman–Crippen MR) is 80.9 cm³/mol. The molecular formula is C16H23ClN2. The molecule has 2 heterocycles. The minimum absolute atomic E-state index is 0.462. The van der Waals surface area contributed by atoms with Gasteiger partial charge < -0.3 is 4.90 Å². The molecule has 19 heavy (non-hydrogen) atoms. The van der Waals surface area contributed by atoms with E-state index >= 15 is 0 Å². The molecule has 2 nitrogen and oxygen atoms in total. The Hall–Kier alpha value is -0.760. The molecule has 0 amide bonds. The molecule has 2 unspecified atom stereocenters. The van der Waals surface area contributed by atoms with Gasteiger partial charge in [-0.2, -0.15) is 0 Å². The Bertz CT molecular complexity index is 446. The molecule has 0 N–H and O–H groups in total. The zero-order valence-corrected chi connectivity index (χ0v) is 12.7. The van der Waals surface area contributed by atoms with E-state index in [9.17, 15) is 0 Å². The number of aromatic nitrogens is 1. The van der Waals surface area contributed by atoms with Crippen LogP contribution < -0.4 is 4.90 Å². The summed E-state index contributed by atoms with van der Waals surface area (Å²) in [4.78, 5) is 7.34. The number of nitrogens with zero attached hydrogens (tertiary/aromatic N) is 2. The first-order valence-corrected chi connectivity index (χ1v) is 8.02. The summed E-state index contributed by atoms with van der Waals surface area (Å²) < 4.78 is 0. The van der Waals surface area contributed by atoms with Crippen LogP contribution in [0.4, 0.5) is 5.82 Å². The smallest absolute Gasteiger partial charge is 0.129 e. The summed E-state index contributed by atoms with van der Waals surface area (Å²) in [5, 5.41) is 0. The van der Waals surface area contributed by atoms with Crippen LogP contribution in [-0.4, -0.2) is 18.1 Å². The van der Waals surface area contributed by atoms with E-state index in [0.717, 1.165) is 17.7 Å². The van der Waals surface area contributed by atoms with E-state index < -0.39 is 0 Å². The maximum absolute atomic E-state index is 6.03. The van der Waals surface area contributed by atoms with Crippen molar-refractivity contribution in [2.24, 2.45) is 11.8 Å². The molecular weight excluding hydrogens is 256 g/mol. The third-order valence-corrected chi connectivity index (χ3v) is 5.00. The van der Waals surface area contributed by atoms with Crippen molar-refractivity contribution in [3.63, 3.8) is 0 Å². The third kappa shape index (κ3) is 2.60. The number of hydrogen-bond donors (Lipinski definition) is 0. The summed E-state index contributed by atoms with van der Waals surface area (Å²) in [6.45, 7) is 6.79. The number of fused-ring (bicyclic) bond motifs is 1. The van der Waals surface area contributed by atoms with Gasteiger partial charge in [0.05, 0.1) is 0 Å². The Labute approximate surface area is 121 Å². The van der Waals surface area contributed by atoms with Gasteiger partial charge in [0.1, 0.15) is 5.82 Å². The fraction of sp³-hybridized carbons (Fsp3) is 0.688. The molecule has 1 saturated carbocycles. The van der Waals surface area contributed by atoms with Crippen LogP contribution in [0.1, 0.15) is 50.3 Å². The molecule has 3 rings (SSSR count). The summed E-state index contributed by atoms with van der Waals surface area (Å²) in [5.41, 5.74) is 2.37. The van der Waals surface area contributed by atoms with E-state index in [4.69, 9.17) is 16.6 Å². The molecule has 0 spiro atoms. The van der Waals surface area contributed by atoms with Gasteiger partial charge in [0.2, 0.25) is 0 Å². The fourth-order valence-corrected chi connectivity index (χ4v) is 3.71. The van der Waals surface area contributed by atoms with Crippen molar-refractivity contribution < 1.29 is 0 Å². The van der Waals surface area contributed by atoms with E-state index in [2.05, 4.69) is 30.9 Å². The molecule has 0 aromatic carbocycles. The van der Waals surface area contributed by atoms with Gasteiger partial charge in [0.15, 0.2) is 0 Å². The molecule has 0 bridgehead atoms. The van der Waals surface area contributed by atoms with Gasteiger partial charge in [-0.05, 0) is 48.3 Å². The van der Waals surface area contributed by atoms with Gasteiger partial charge >= 0.3 is 0 Å². The second kappa shape index (κ2) is 5.32. The van der Waals surface area contributed by atoms with Crippen LogP contribution in [0.25, 0.3) is 0 Å². The molecule has 2 fully saturated rings. The zero-order valence-electron chi connectivity index (χ0n) is 11.9. The van der Waals surface area contributed by atoms with Crippen molar-refractivity contribution in [3.8, 4) is 0 Å². The van der Waals surface area contributed by atoms with Crippen LogP contribution >= 0.6 is 11.6 Å². The first-order chi connectivity index (χ1) is 9.17. The van der Waals surface area contributed by atoms with Crippen LogP contribution in [0, 0.1) is 11.8 Å². The SMILES string of the molecule is CC(C)c1cc(CCl)cc(N2CC3CCCC3C2)n1. The summed E-state index contributed by atoms with van der Waals surface area (Å²) >= 11 is 6.03. The highest BCUT2D eigenvalue weighted by Crippen LogP contribution is 2.39. The van der Waals surface area contributed by atoms with E-state index in [1.54, 1.807) is 0 Å². The lowest BCUT2D eigenvalue weighted by molar-refractivity contribution is 0.494. The van der Waals surface area contributed by atoms with Gasteiger partial charge in [-0.3, -0.25) is 0 Å². The Morgan fingerprint density at radius 2 is 1.95 bits per heavy atom. The maximum Gasteiger partial charge on any atom is 0.129 e. The number of rotatable bonds is 3. The first-order valence-electron chi connectivity index (χ1n) is 7.49. The molecule has 1 saturated heterocycles. The zero-order chi connectivity index (χ0) is 13.4. The van der Waals surface area contributed by atoms with Crippen molar-refractivity contribution in [2.75, 3.05) is 18.0 Å². The highest BCUT2D eigenvalue weighted by Gasteiger charge is 2.36. The first kappa shape index (κ1) is 13.2. The van der Waals surface area contributed by atoms with Crippen LogP contribution in [0.3, 0.4) is 0 Å². The molecule has 0 radical (unpaired) electrons. The van der Waals surface area contributed by atoms with Crippen LogP contribution in [-0.2, 0) is 5.88 Å². The Morgan fingerprint density at radius 1 is 1.26 bits per heavy atom. The predicted octanol–water partition coefficient (Wildman–Crippen LogP) is 4.18. The summed E-state index contributed by atoms with van der Waals surface area (Å²) in [7, 11) is 0. The average molecular weight is 279 g/mol. The molecule has 3 heteroatoms. The van der Waals surface area contributed by atoms with Crippen LogP contribution in [0.15, 0.2) is 12.1 Å². The Balaban J connectivity index is 1.86. The van der Waals surface area contributed by atoms with Crippen LogP contribution in [0.5, 0.6) is 0 Å². The normalized spacial score (nSPS) is 26.2. The Kier molecular flexibility index (Phi) is 3.70. The van der Waals surface area contributed by atoms with Gasteiger partial charge in [0.25, 0.3) is 0 Å². The summed E-state index contributed by atoms with van der Waals surface area (Å²) in [5.74, 6) is 4.00. The van der Waals surface area contributed by atoms with E-state index in [1.807, 2.05) is 0 Å². The number of anilines is 1. The largest absolute Gasteiger partial charge is 0.356 e. The average Bonchev–Trinajstić information content (AvgIpc) is 2.98. The van der Waals surface area contributed by atoms with Crippen molar-refractivity contribution in [1.29, 1.82) is 0 Å². The second-order valence-corrected chi connectivity index (χ2v) is 6.67. The lowest BCUT2D eigenvalue weighted by Gasteiger charge is -2.21. The lowest BCUT2D eigenvalue weighted by Crippen LogP contribution is -2.22. The second-order valence-electron chi connectivity index (χ2n) is 6.40. The number of pyridine rings is 1. The Morgan fingerprint density at radius 3 is 2.53 bits per heavy atom. The fourth-order valence-electron chi connectivity index (χ4n) is 3.55. The highest BCUT2D eigenvalue weighted by atomic mass is 35.5. The van der Waals surface area contributed by atoms with E-state index in [-0.39, 0.29) is 0 Å². The van der Waals surface area contributed by atoms with Crippen molar-refractivity contribution in [3.05, 3.63) is 23.4 Å². The maximum atomic E-state index is 6.03. The summed E-state index contributed by atoms with van der Waals surface area (Å²) in [6, 6.07) is 4.33. The molecule has 104 valence electrons. The van der Waals surface area contributed by atoms with Gasteiger partial charge in [-0.25, -0.2) is 4.98 Å². The highest BCUT2D eigenvalue weighted by molar-refractivity contribution is 6.17. The number of hydrogen-bond acceptors (Lipinski definition) is 2. The molecule has 1 aromatic heterocycles. The van der Waals surface area contributed by atoms with Gasteiger partial charge in [-0.1, -0.05) is 20.3 Å². The van der Waals surface area contributed by atoms with Crippen LogP contribution in [0.2, 0.25) is 0 Å². The molecule has 1 aliphatic heterocycles. The number of halogens is 1. The van der Waals surface area contributed by atoms with Crippen molar-refractivity contribution in [2.45, 2.75) is 44.9 Å². The minimum atomic E-state index is 0.462. The van der Waals surface area contributed by atoms with E-state index in [1.165, 1.54) is 43.6 Å². The quantitative estimate of drug-likeness (QED) is 0.771. The topological polar surface area (TPSA) is 16.1 Å². The van der Waals surface area contributed by atoms with Gasteiger partial charge in [0, 0.05) is 24.7 Å². The summed E-state index contributed by atoms with van der Waals surface area (Å²) in [6.07, 6.45) is 4.25. The molecule has 1 aromatic rings. The third-order valence-electron chi connectivity index (χ3n) is 4.69. The lowest BCUT2D eigenvalue weighted by atomic mass is 10.0. The minimum Gasteiger partial charge on any atom is -0.356 e.